The lowest BCUT2D eigenvalue weighted by molar-refractivity contribution is -0.136. The van der Waals surface area contributed by atoms with Crippen molar-refractivity contribution in [3.8, 4) is 0 Å². The molecule has 0 saturated carbocycles. The van der Waals surface area contributed by atoms with Crippen LogP contribution in [0.15, 0.2) is 0 Å². The molecule has 0 aromatic carbocycles. The molecule has 0 bridgehead atoms. The van der Waals surface area contributed by atoms with Gasteiger partial charge >= 0.3 is 0 Å². The highest BCUT2D eigenvalue weighted by atomic mass is 16.6. The van der Waals surface area contributed by atoms with Crippen molar-refractivity contribution in [3.05, 3.63) is 0 Å². The predicted octanol–water partition coefficient (Wildman–Crippen LogP) is 0.538. The maximum absolute atomic E-state index is 11.6. The average molecular weight is 186 g/mol. The highest BCUT2D eigenvalue weighted by molar-refractivity contribution is 5.81. The lowest BCUT2D eigenvalue weighted by Crippen LogP contribution is -2.43. The van der Waals surface area contributed by atoms with Gasteiger partial charge in [-0.25, -0.2) is 0 Å². The van der Waals surface area contributed by atoms with E-state index < -0.39 is 0 Å². The number of nitrogens with one attached hydrogen (secondary N) is 1. The molecule has 1 amide bonds. The lowest BCUT2D eigenvalue weighted by Gasteiger charge is -2.20. The quantitative estimate of drug-likeness (QED) is 0.651. The molecule has 76 valence electrons. The standard InChI is InChI=1S/C9H18N2O2/c1-3-13-10-8(2)9(12)11-6-4-5-7-11/h8,10H,3-7H2,1-2H3. The van der Waals surface area contributed by atoms with Crippen molar-refractivity contribution >= 4 is 5.91 Å². The molecule has 1 heterocycles. The fraction of sp³-hybridized carbons (Fsp3) is 0.889. The van der Waals surface area contributed by atoms with Gasteiger partial charge < -0.3 is 9.74 Å². The van der Waals surface area contributed by atoms with E-state index in [4.69, 9.17) is 4.84 Å². The van der Waals surface area contributed by atoms with E-state index in [1.807, 2.05) is 18.7 Å². The number of amides is 1. The van der Waals surface area contributed by atoms with Crippen LogP contribution < -0.4 is 5.48 Å². The lowest BCUT2D eigenvalue weighted by atomic mass is 10.3. The zero-order valence-electron chi connectivity index (χ0n) is 8.38. The molecule has 4 heteroatoms. The third-order valence-corrected chi connectivity index (χ3v) is 2.19. The van der Waals surface area contributed by atoms with E-state index in [0.29, 0.717) is 6.61 Å². The summed E-state index contributed by atoms with van der Waals surface area (Å²) in [6.45, 7) is 6.10. The van der Waals surface area contributed by atoms with Crippen LogP contribution in [-0.2, 0) is 9.63 Å². The molecule has 1 N–H and O–H groups in total. The number of carbonyl (C=O) groups excluding carboxylic acids is 1. The van der Waals surface area contributed by atoms with E-state index in [9.17, 15) is 4.79 Å². The summed E-state index contributed by atoms with van der Waals surface area (Å²) in [7, 11) is 0. The summed E-state index contributed by atoms with van der Waals surface area (Å²) >= 11 is 0. The third-order valence-electron chi connectivity index (χ3n) is 2.19. The first-order valence-corrected chi connectivity index (χ1v) is 4.91. The fourth-order valence-electron chi connectivity index (χ4n) is 1.47. The zero-order valence-corrected chi connectivity index (χ0v) is 8.38. The van der Waals surface area contributed by atoms with Crippen molar-refractivity contribution in [3.63, 3.8) is 0 Å². The number of nitrogens with zero attached hydrogens (tertiary/aromatic N) is 1. The molecule has 1 aliphatic rings. The van der Waals surface area contributed by atoms with Gasteiger partial charge in [-0.05, 0) is 26.7 Å². The summed E-state index contributed by atoms with van der Waals surface area (Å²) in [4.78, 5) is 18.5. The van der Waals surface area contributed by atoms with E-state index in [0.717, 1.165) is 25.9 Å². The highest BCUT2D eigenvalue weighted by Crippen LogP contribution is 2.08. The Balaban J connectivity index is 2.28. The maximum atomic E-state index is 11.6. The molecule has 1 rings (SSSR count). The normalized spacial score (nSPS) is 19.1. The Morgan fingerprint density at radius 3 is 2.69 bits per heavy atom. The number of carbonyl (C=O) groups is 1. The van der Waals surface area contributed by atoms with Crippen LogP contribution in [0.3, 0.4) is 0 Å². The minimum Gasteiger partial charge on any atom is -0.341 e. The Bertz CT molecular complexity index is 167. The summed E-state index contributed by atoms with van der Waals surface area (Å²) in [6, 6.07) is -0.224. The van der Waals surface area contributed by atoms with Crippen LogP contribution >= 0.6 is 0 Å². The van der Waals surface area contributed by atoms with Crippen molar-refractivity contribution in [2.24, 2.45) is 0 Å². The average Bonchev–Trinajstić information content (AvgIpc) is 2.65. The van der Waals surface area contributed by atoms with Crippen LogP contribution in [0, 0.1) is 0 Å². The van der Waals surface area contributed by atoms with E-state index >= 15 is 0 Å². The van der Waals surface area contributed by atoms with Gasteiger partial charge in [0.25, 0.3) is 0 Å². The maximum Gasteiger partial charge on any atom is 0.241 e. The van der Waals surface area contributed by atoms with Gasteiger partial charge in [0.1, 0.15) is 6.04 Å². The molecule has 0 spiro atoms. The number of hydrogen-bond donors (Lipinski definition) is 1. The fourth-order valence-corrected chi connectivity index (χ4v) is 1.47. The van der Waals surface area contributed by atoms with Gasteiger partial charge in [-0.15, -0.1) is 0 Å². The van der Waals surface area contributed by atoms with E-state index in [1.54, 1.807) is 0 Å². The van der Waals surface area contributed by atoms with Crippen molar-refractivity contribution in [2.45, 2.75) is 32.7 Å². The zero-order chi connectivity index (χ0) is 9.68. The van der Waals surface area contributed by atoms with Crippen LogP contribution in [0.25, 0.3) is 0 Å². The van der Waals surface area contributed by atoms with Crippen molar-refractivity contribution in [1.82, 2.24) is 10.4 Å². The Morgan fingerprint density at radius 2 is 2.15 bits per heavy atom. The van der Waals surface area contributed by atoms with Gasteiger partial charge in [-0.3, -0.25) is 4.79 Å². The number of hydrogen-bond acceptors (Lipinski definition) is 3. The van der Waals surface area contributed by atoms with Crippen LogP contribution in [0.4, 0.5) is 0 Å². The predicted molar refractivity (Wildman–Crippen MR) is 50.0 cm³/mol. The first-order valence-electron chi connectivity index (χ1n) is 4.91. The smallest absolute Gasteiger partial charge is 0.241 e. The molecule has 1 fully saturated rings. The minimum absolute atomic E-state index is 0.144. The summed E-state index contributed by atoms with van der Waals surface area (Å²) in [6.07, 6.45) is 2.26. The largest absolute Gasteiger partial charge is 0.341 e. The van der Waals surface area contributed by atoms with Crippen molar-refractivity contribution in [1.29, 1.82) is 0 Å². The minimum atomic E-state index is -0.224. The molecule has 13 heavy (non-hydrogen) atoms. The molecule has 0 aromatic rings. The number of rotatable bonds is 4. The van der Waals surface area contributed by atoms with Gasteiger partial charge in [0.05, 0.1) is 6.61 Å². The van der Waals surface area contributed by atoms with Crippen molar-refractivity contribution in [2.75, 3.05) is 19.7 Å². The Hall–Kier alpha value is -0.610. The van der Waals surface area contributed by atoms with Gasteiger partial charge in [-0.2, -0.15) is 5.48 Å². The van der Waals surface area contributed by atoms with Crippen LogP contribution in [0.5, 0.6) is 0 Å². The number of likely N-dealkylation sites (tertiary alicyclic amines) is 1. The molecule has 1 unspecified atom stereocenters. The highest BCUT2D eigenvalue weighted by Gasteiger charge is 2.22. The summed E-state index contributed by atoms with van der Waals surface area (Å²) < 4.78 is 0. The molecule has 0 aromatic heterocycles. The van der Waals surface area contributed by atoms with Crippen LogP contribution in [0.1, 0.15) is 26.7 Å². The van der Waals surface area contributed by atoms with Gasteiger partial charge in [0, 0.05) is 13.1 Å². The van der Waals surface area contributed by atoms with Crippen LogP contribution in [-0.4, -0.2) is 36.5 Å². The second-order valence-electron chi connectivity index (χ2n) is 3.30. The van der Waals surface area contributed by atoms with Gasteiger partial charge in [0.15, 0.2) is 0 Å². The molecule has 0 radical (unpaired) electrons. The molecular formula is C9H18N2O2. The SMILES string of the molecule is CCONC(C)C(=O)N1CCCC1. The summed E-state index contributed by atoms with van der Waals surface area (Å²) in [5, 5.41) is 0. The Morgan fingerprint density at radius 1 is 1.54 bits per heavy atom. The Kier molecular flexibility index (Phi) is 4.18. The van der Waals surface area contributed by atoms with E-state index in [-0.39, 0.29) is 11.9 Å². The molecular weight excluding hydrogens is 168 g/mol. The third kappa shape index (κ3) is 2.97. The molecule has 0 aliphatic carbocycles. The second-order valence-corrected chi connectivity index (χ2v) is 3.30. The molecule has 1 aliphatic heterocycles. The monoisotopic (exact) mass is 186 g/mol. The van der Waals surface area contributed by atoms with E-state index in [1.165, 1.54) is 0 Å². The molecule has 4 nitrogen and oxygen atoms in total. The molecule has 1 atom stereocenters. The van der Waals surface area contributed by atoms with Gasteiger partial charge in [-0.1, -0.05) is 0 Å². The first kappa shape index (κ1) is 10.5. The Labute approximate surface area is 79.2 Å². The van der Waals surface area contributed by atoms with Crippen molar-refractivity contribution < 1.29 is 9.63 Å². The second kappa shape index (κ2) is 5.19. The first-order chi connectivity index (χ1) is 6.25. The molecule has 1 saturated heterocycles. The number of hydroxylamine groups is 1. The topological polar surface area (TPSA) is 41.6 Å². The summed E-state index contributed by atoms with van der Waals surface area (Å²) in [5.41, 5.74) is 2.72. The van der Waals surface area contributed by atoms with Crippen LogP contribution in [0.2, 0.25) is 0 Å². The van der Waals surface area contributed by atoms with Gasteiger partial charge in [0.2, 0.25) is 5.91 Å². The van der Waals surface area contributed by atoms with E-state index in [2.05, 4.69) is 5.48 Å². The summed E-state index contributed by atoms with van der Waals surface area (Å²) in [5.74, 6) is 0.144.